The molecule has 0 aliphatic carbocycles. The number of imide groups is 1. The number of nitrogens with zero attached hydrogens (tertiary/aromatic N) is 3. The van der Waals surface area contributed by atoms with Gasteiger partial charge in [0, 0.05) is 23.9 Å². The van der Waals surface area contributed by atoms with Crippen LogP contribution in [-0.4, -0.2) is 40.5 Å². The Morgan fingerprint density at radius 2 is 1.96 bits per heavy atom. The Morgan fingerprint density at radius 3 is 2.52 bits per heavy atom. The number of piperidine rings is 1. The highest BCUT2D eigenvalue weighted by Gasteiger charge is 2.49. The Balaban J connectivity index is 1.96. The van der Waals surface area contributed by atoms with Crippen LogP contribution in [0.25, 0.3) is 0 Å². The molecular weight excluding hydrogens is 318 g/mol. The van der Waals surface area contributed by atoms with E-state index < -0.39 is 11.6 Å². The maximum absolute atomic E-state index is 12.3. The minimum absolute atomic E-state index is 0.0895. The number of hydrogen-bond donors (Lipinski definition) is 2. The number of carbonyl (C=O) groups excluding carboxylic acids is 2. The number of anilines is 1. The van der Waals surface area contributed by atoms with Crippen LogP contribution in [0.5, 0.6) is 0 Å². The third kappa shape index (κ3) is 3.32. The van der Waals surface area contributed by atoms with E-state index in [0.29, 0.717) is 13.0 Å². The van der Waals surface area contributed by atoms with Crippen LogP contribution < -0.4 is 15.5 Å². The Kier molecular flexibility index (Phi) is 4.21. The fourth-order valence-electron chi connectivity index (χ4n) is 3.32. The zero-order valence-corrected chi connectivity index (χ0v) is 15.6. The first kappa shape index (κ1) is 17.6. The Bertz CT molecular complexity index is 710. The van der Waals surface area contributed by atoms with Crippen LogP contribution in [0.4, 0.5) is 10.6 Å². The van der Waals surface area contributed by atoms with Gasteiger partial charge in [0.2, 0.25) is 0 Å². The summed E-state index contributed by atoms with van der Waals surface area (Å²) in [6, 6.07) is 1.60. The molecule has 1 aromatic rings. The second-order valence-electron chi connectivity index (χ2n) is 8.39. The third-order valence-corrected chi connectivity index (χ3v) is 4.85. The van der Waals surface area contributed by atoms with Crippen LogP contribution in [-0.2, 0) is 10.2 Å². The lowest BCUT2D eigenvalue weighted by Gasteiger charge is -2.39. The van der Waals surface area contributed by atoms with Crippen molar-refractivity contribution in [3.05, 3.63) is 17.6 Å². The van der Waals surface area contributed by atoms with Crippen molar-refractivity contribution in [2.75, 3.05) is 18.0 Å². The van der Waals surface area contributed by atoms with Gasteiger partial charge in [0.25, 0.3) is 5.91 Å². The van der Waals surface area contributed by atoms with Gasteiger partial charge >= 0.3 is 6.03 Å². The van der Waals surface area contributed by atoms with Crippen LogP contribution >= 0.6 is 0 Å². The van der Waals surface area contributed by atoms with Gasteiger partial charge in [0.05, 0.1) is 12.2 Å². The summed E-state index contributed by atoms with van der Waals surface area (Å²) < 4.78 is 0. The molecule has 0 aromatic carbocycles. The van der Waals surface area contributed by atoms with Crippen molar-refractivity contribution < 1.29 is 9.59 Å². The molecule has 1 unspecified atom stereocenters. The van der Waals surface area contributed by atoms with E-state index in [1.807, 2.05) is 6.07 Å². The van der Waals surface area contributed by atoms with Crippen LogP contribution in [0.1, 0.15) is 64.9 Å². The van der Waals surface area contributed by atoms with Crippen molar-refractivity contribution in [3.8, 4) is 0 Å². The molecule has 7 nitrogen and oxygen atoms in total. The summed E-state index contributed by atoms with van der Waals surface area (Å²) in [7, 11) is 0. The average Bonchev–Trinajstić information content (AvgIpc) is 2.79. The van der Waals surface area contributed by atoms with Gasteiger partial charge in [0.15, 0.2) is 0 Å². The number of amides is 3. The molecule has 7 heteroatoms. The standard InChI is InChI=1S/C18H27N5O2/c1-11(2)14-19-12(17(3,4)5)9-13(20-14)23-8-6-7-18(10-23)15(24)21-16(25)22-18/h9,11H,6-8,10H2,1-5H3,(H2,21,22,24,25). The van der Waals surface area contributed by atoms with Crippen molar-refractivity contribution >= 4 is 17.8 Å². The van der Waals surface area contributed by atoms with E-state index in [-0.39, 0.29) is 17.2 Å². The highest BCUT2D eigenvalue weighted by atomic mass is 16.2. The minimum atomic E-state index is -0.847. The highest BCUT2D eigenvalue weighted by Crippen LogP contribution is 2.30. The molecule has 3 rings (SSSR count). The first-order chi connectivity index (χ1) is 11.6. The Hall–Kier alpha value is -2.18. The van der Waals surface area contributed by atoms with Crippen LogP contribution in [0.3, 0.4) is 0 Å². The topological polar surface area (TPSA) is 87.2 Å². The predicted molar refractivity (Wildman–Crippen MR) is 95.7 cm³/mol. The SMILES string of the molecule is CC(C)c1nc(N2CCCC3(C2)NC(=O)NC3=O)cc(C(C)(C)C)n1. The molecule has 1 aromatic heterocycles. The quantitative estimate of drug-likeness (QED) is 0.801. The third-order valence-electron chi connectivity index (χ3n) is 4.85. The van der Waals surface area contributed by atoms with E-state index in [2.05, 4.69) is 50.2 Å². The van der Waals surface area contributed by atoms with E-state index in [9.17, 15) is 9.59 Å². The lowest BCUT2D eigenvalue weighted by molar-refractivity contribution is -0.124. The molecule has 1 atom stereocenters. The number of hydrogen-bond acceptors (Lipinski definition) is 5. The molecule has 0 radical (unpaired) electrons. The van der Waals surface area contributed by atoms with E-state index in [4.69, 9.17) is 9.97 Å². The number of urea groups is 1. The largest absolute Gasteiger partial charge is 0.354 e. The molecule has 0 bridgehead atoms. The first-order valence-electron chi connectivity index (χ1n) is 8.89. The molecule has 136 valence electrons. The van der Waals surface area contributed by atoms with Crippen molar-refractivity contribution in [1.82, 2.24) is 20.6 Å². The first-order valence-corrected chi connectivity index (χ1v) is 8.89. The molecule has 1 spiro atoms. The predicted octanol–water partition coefficient (Wildman–Crippen LogP) is 2.08. The summed E-state index contributed by atoms with van der Waals surface area (Å²) in [5, 5.41) is 5.18. The molecule has 2 N–H and O–H groups in total. The number of rotatable bonds is 2. The van der Waals surface area contributed by atoms with Gasteiger partial charge in [-0.25, -0.2) is 14.8 Å². The van der Waals surface area contributed by atoms with Crippen molar-refractivity contribution in [2.45, 2.75) is 64.3 Å². The van der Waals surface area contributed by atoms with Crippen LogP contribution in [0.2, 0.25) is 0 Å². The van der Waals surface area contributed by atoms with Gasteiger partial charge in [-0.1, -0.05) is 34.6 Å². The van der Waals surface area contributed by atoms with Crippen LogP contribution in [0, 0.1) is 0 Å². The Morgan fingerprint density at radius 1 is 1.24 bits per heavy atom. The molecule has 2 fully saturated rings. The van der Waals surface area contributed by atoms with Gasteiger partial charge in [-0.3, -0.25) is 10.1 Å². The van der Waals surface area contributed by atoms with Crippen molar-refractivity contribution in [1.29, 1.82) is 0 Å². The smallest absolute Gasteiger partial charge is 0.322 e. The fraction of sp³-hybridized carbons (Fsp3) is 0.667. The lowest BCUT2D eigenvalue weighted by atomic mass is 9.88. The maximum atomic E-state index is 12.3. The molecule has 2 aliphatic rings. The molecule has 0 saturated carbocycles. The normalized spacial score (nSPS) is 24.0. The second kappa shape index (κ2) is 5.97. The summed E-state index contributed by atoms with van der Waals surface area (Å²) in [5.41, 5.74) is 0.0502. The fourth-order valence-corrected chi connectivity index (χ4v) is 3.32. The van der Waals surface area contributed by atoms with E-state index >= 15 is 0 Å². The summed E-state index contributed by atoms with van der Waals surface area (Å²) in [5.74, 6) is 1.62. The summed E-state index contributed by atoms with van der Waals surface area (Å²) >= 11 is 0. The summed E-state index contributed by atoms with van der Waals surface area (Å²) in [4.78, 5) is 35.5. The minimum Gasteiger partial charge on any atom is -0.354 e. The number of aromatic nitrogens is 2. The average molecular weight is 345 g/mol. The molecule has 3 amide bonds. The van der Waals surface area contributed by atoms with Gasteiger partial charge in [-0.15, -0.1) is 0 Å². The summed E-state index contributed by atoms with van der Waals surface area (Å²) in [6.45, 7) is 11.8. The molecular formula is C18H27N5O2. The van der Waals surface area contributed by atoms with Gasteiger partial charge in [-0.2, -0.15) is 0 Å². The van der Waals surface area contributed by atoms with Crippen LogP contribution in [0.15, 0.2) is 6.07 Å². The Labute approximate surface area is 148 Å². The summed E-state index contributed by atoms with van der Waals surface area (Å²) in [6.07, 6.45) is 1.47. The maximum Gasteiger partial charge on any atom is 0.322 e. The van der Waals surface area contributed by atoms with Gasteiger partial charge in [0.1, 0.15) is 17.2 Å². The molecule has 3 heterocycles. The molecule has 25 heavy (non-hydrogen) atoms. The monoisotopic (exact) mass is 345 g/mol. The van der Waals surface area contributed by atoms with Crippen molar-refractivity contribution in [3.63, 3.8) is 0 Å². The highest BCUT2D eigenvalue weighted by molar-refractivity contribution is 6.07. The van der Waals surface area contributed by atoms with E-state index in [1.165, 1.54) is 0 Å². The second-order valence-corrected chi connectivity index (χ2v) is 8.39. The number of nitrogens with one attached hydrogen (secondary N) is 2. The molecule has 2 aliphatic heterocycles. The van der Waals surface area contributed by atoms with Gasteiger partial charge in [-0.05, 0) is 12.8 Å². The molecule has 2 saturated heterocycles. The number of carbonyl (C=O) groups is 2. The lowest BCUT2D eigenvalue weighted by Crippen LogP contribution is -2.58. The van der Waals surface area contributed by atoms with E-state index in [1.54, 1.807) is 0 Å². The van der Waals surface area contributed by atoms with E-state index in [0.717, 1.165) is 30.3 Å². The van der Waals surface area contributed by atoms with Gasteiger partial charge < -0.3 is 10.2 Å². The van der Waals surface area contributed by atoms with Crippen molar-refractivity contribution in [2.24, 2.45) is 0 Å². The zero-order chi connectivity index (χ0) is 18.4. The zero-order valence-electron chi connectivity index (χ0n) is 15.6.